The van der Waals surface area contributed by atoms with Crippen LogP contribution in [0.3, 0.4) is 0 Å². The first kappa shape index (κ1) is 18.1. The first-order chi connectivity index (χ1) is 11.8. The average molecular weight is 383 g/mol. The van der Waals surface area contributed by atoms with Crippen molar-refractivity contribution in [1.29, 1.82) is 0 Å². The van der Waals surface area contributed by atoms with Gasteiger partial charge in [-0.05, 0) is 25.0 Å². The van der Waals surface area contributed by atoms with Crippen LogP contribution in [-0.2, 0) is 14.8 Å². The Morgan fingerprint density at radius 2 is 2.08 bits per heavy atom. The molecule has 9 heteroatoms. The number of carbonyl (C=O) groups excluding carboxylic acids is 1. The monoisotopic (exact) mass is 383 g/mol. The first-order valence-electron chi connectivity index (χ1n) is 8.12. The van der Waals surface area contributed by atoms with Gasteiger partial charge >= 0.3 is 0 Å². The molecule has 3 heterocycles. The molecule has 1 fully saturated rings. The van der Waals surface area contributed by atoms with Crippen LogP contribution in [-0.4, -0.2) is 54.4 Å². The molecule has 0 unspecified atom stereocenters. The summed E-state index contributed by atoms with van der Waals surface area (Å²) in [5.41, 5.74) is 0. The van der Waals surface area contributed by atoms with Crippen molar-refractivity contribution in [1.82, 2.24) is 14.4 Å². The molecule has 2 aromatic heterocycles. The van der Waals surface area contributed by atoms with Gasteiger partial charge in [-0.15, -0.1) is 11.3 Å². The molecular formula is C16H21N3O4S2. The fourth-order valence-electron chi connectivity index (χ4n) is 2.91. The van der Waals surface area contributed by atoms with Gasteiger partial charge in [-0.1, -0.05) is 19.0 Å². The molecule has 1 atom stereocenters. The zero-order valence-corrected chi connectivity index (χ0v) is 16.0. The molecular weight excluding hydrogens is 362 g/mol. The fraction of sp³-hybridized carbons (Fsp3) is 0.500. The topological polar surface area (TPSA) is 83.7 Å². The number of hydrogen-bond donors (Lipinski definition) is 0. The van der Waals surface area contributed by atoms with Crippen LogP contribution in [0.25, 0.3) is 10.6 Å². The van der Waals surface area contributed by atoms with Crippen LogP contribution in [0.15, 0.2) is 33.1 Å². The van der Waals surface area contributed by atoms with E-state index in [1.165, 1.54) is 10.5 Å². The Labute approximate surface area is 151 Å². The van der Waals surface area contributed by atoms with E-state index in [-0.39, 0.29) is 10.1 Å². The van der Waals surface area contributed by atoms with E-state index in [0.717, 1.165) is 11.3 Å². The van der Waals surface area contributed by atoms with E-state index in [1.807, 2.05) is 13.8 Å². The number of aromatic nitrogens is 1. The van der Waals surface area contributed by atoms with Crippen molar-refractivity contribution in [2.45, 2.75) is 31.0 Å². The summed E-state index contributed by atoms with van der Waals surface area (Å²) < 4.78 is 32.5. The Kier molecular flexibility index (Phi) is 4.99. The maximum atomic E-state index is 13.0. The second-order valence-electron chi connectivity index (χ2n) is 6.47. The second-order valence-corrected chi connectivity index (χ2v) is 9.67. The van der Waals surface area contributed by atoms with Crippen LogP contribution < -0.4 is 0 Å². The Balaban J connectivity index is 1.82. The van der Waals surface area contributed by atoms with Gasteiger partial charge in [0.1, 0.15) is 10.3 Å². The highest BCUT2D eigenvalue weighted by Gasteiger charge is 2.39. The number of rotatable bonds is 5. The lowest BCUT2D eigenvalue weighted by Gasteiger charge is -2.38. The first-order valence-corrected chi connectivity index (χ1v) is 10.4. The molecule has 0 radical (unpaired) electrons. The smallest absolute Gasteiger partial charge is 0.253 e. The lowest BCUT2D eigenvalue weighted by Crippen LogP contribution is -2.57. The van der Waals surface area contributed by atoms with Crippen molar-refractivity contribution in [3.05, 3.63) is 24.4 Å². The summed E-state index contributed by atoms with van der Waals surface area (Å²) >= 11 is 1.12. The van der Waals surface area contributed by atoms with Gasteiger partial charge in [0.2, 0.25) is 5.91 Å². The molecule has 25 heavy (non-hydrogen) atoms. The quantitative estimate of drug-likeness (QED) is 0.791. The predicted molar refractivity (Wildman–Crippen MR) is 94.6 cm³/mol. The zero-order chi connectivity index (χ0) is 18.2. The highest BCUT2D eigenvalue weighted by atomic mass is 32.2. The van der Waals surface area contributed by atoms with Crippen LogP contribution in [0, 0.1) is 5.92 Å². The summed E-state index contributed by atoms with van der Waals surface area (Å²) in [6.07, 6.45) is 1.51. The summed E-state index contributed by atoms with van der Waals surface area (Å²) in [7, 11) is -3.72. The van der Waals surface area contributed by atoms with Gasteiger partial charge in [0.15, 0.2) is 5.76 Å². The van der Waals surface area contributed by atoms with E-state index >= 15 is 0 Å². The van der Waals surface area contributed by atoms with Crippen molar-refractivity contribution in [2.75, 3.05) is 19.6 Å². The lowest BCUT2D eigenvalue weighted by molar-refractivity contribution is -0.138. The minimum Gasteiger partial charge on any atom is -0.355 e. The van der Waals surface area contributed by atoms with Gasteiger partial charge in [-0.25, -0.2) is 8.42 Å². The van der Waals surface area contributed by atoms with Crippen LogP contribution in [0.5, 0.6) is 0 Å². The predicted octanol–water partition coefficient (Wildman–Crippen LogP) is 2.28. The fourth-order valence-corrected chi connectivity index (χ4v) is 5.88. The SMILES string of the molecule is CC(C)CN1CCN(S(=O)(=O)c2ccc(-c3ccno3)s2)[C@@H](C)C1=O. The molecule has 1 saturated heterocycles. The van der Waals surface area contributed by atoms with Crippen molar-refractivity contribution < 1.29 is 17.7 Å². The summed E-state index contributed by atoms with van der Waals surface area (Å²) in [6, 6.07) is 4.22. The number of hydrogen-bond acceptors (Lipinski definition) is 6. The van der Waals surface area contributed by atoms with Gasteiger partial charge in [-0.3, -0.25) is 4.79 Å². The molecule has 0 aliphatic carbocycles. The van der Waals surface area contributed by atoms with E-state index in [1.54, 1.807) is 30.0 Å². The maximum absolute atomic E-state index is 13.0. The number of amides is 1. The van der Waals surface area contributed by atoms with E-state index in [0.29, 0.717) is 36.2 Å². The molecule has 0 saturated carbocycles. The number of nitrogens with zero attached hydrogens (tertiary/aromatic N) is 3. The third kappa shape index (κ3) is 3.49. The molecule has 0 N–H and O–H groups in total. The number of sulfonamides is 1. The molecule has 2 aromatic rings. The molecule has 7 nitrogen and oxygen atoms in total. The van der Waals surface area contributed by atoms with E-state index in [2.05, 4.69) is 5.16 Å². The van der Waals surface area contributed by atoms with E-state index in [4.69, 9.17) is 4.52 Å². The standard InChI is InChI=1S/C16H21N3O4S2/c1-11(2)10-18-8-9-19(12(3)16(18)20)25(21,22)15-5-4-14(24-15)13-6-7-17-23-13/h4-7,11-12H,8-10H2,1-3H3/t12-/m0/s1. The minimum atomic E-state index is -3.72. The van der Waals surface area contributed by atoms with Gasteiger partial charge in [0.25, 0.3) is 10.0 Å². The van der Waals surface area contributed by atoms with Crippen LogP contribution >= 0.6 is 11.3 Å². The van der Waals surface area contributed by atoms with Crippen molar-refractivity contribution >= 4 is 27.3 Å². The highest BCUT2D eigenvalue weighted by Crippen LogP contribution is 2.33. The number of carbonyl (C=O) groups is 1. The number of piperazine rings is 1. The van der Waals surface area contributed by atoms with E-state index in [9.17, 15) is 13.2 Å². The van der Waals surface area contributed by atoms with Crippen LogP contribution in [0.2, 0.25) is 0 Å². The summed E-state index contributed by atoms with van der Waals surface area (Å²) in [4.78, 5) is 15.0. The summed E-state index contributed by atoms with van der Waals surface area (Å²) in [6.45, 7) is 7.09. The maximum Gasteiger partial charge on any atom is 0.253 e. The Bertz CT molecular complexity index is 843. The lowest BCUT2D eigenvalue weighted by atomic mass is 10.1. The van der Waals surface area contributed by atoms with Crippen molar-refractivity contribution in [3.63, 3.8) is 0 Å². The van der Waals surface area contributed by atoms with Crippen LogP contribution in [0.1, 0.15) is 20.8 Å². The average Bonchev–Trinajstić information content (AvgIpc) is 3.21. The molecule has 0 spiro atoms. The molecule has 3 rings (SSSR count). The van der Waals surface area contributed by atoms with Gasteiger partial charge in [-0.2, -0.15) is 4.31 Å². The zero-order valence-electron chi connectivity index (χ0n) is 14.4. The Hall–Kier alpha value is -1.71. The van der Waals surface area contributed by atoms with Crippen LogP contribution in [0.4, 0.5) is 0 Å². The Morgan fingerprint density at radius 1 is 1.32 bits per heavy atom. The highest BCUT2D eigenvalue weighted by molar-refractivity contribution is 7.91. The summed E-state index contributed by atoms with van der Waals surface area (Å²) in [5.74, 6) is 0.730. The van der Waals surface area contributed by atoms with Gasteiger partial charge in [0.05, 0.1) is 11.1 Å². The van der Waals surface area contributed by atoms with Crippen molar-refractivity contribution in [2.24, 2.45) is 5.92 Å². The molecule has 1 amide bonds. The Morgan fingerprint density at radius 3 is 2.72 bits per heavy atom. The number of thiophene rings is 1. The van der Waals surface area contributed by atoms with Gasteiger partial charge in [0, 0.05) is 25.7 Å². The largest absolute Gasteiger partial charge is 0.355 e. The minimum absolute atomic E-state index is 0.143. The van der Waals surface area contributed by atoms with Crippen molar-refractivity contribution in [3.8, 4) is 10.6 Å². The molecule has 136 valence electrons. The molecule has 1 aliphatic rings. The third-order valence-electron chi connectivity index (χ3n) is 4.10. The second kappa shape index (κ2) is 6.89. The van der Waals surface area contributed by atoms with E-state index < -0.39 is 16.1 Å². The molecule has 0 bridgehead atoms. The molecule has 1 aliphatic heterocycles. The normalized spacial score (nSPS) is 19.8. The third-order valence-corrected chi connectivity index (χ3v) is 7.64. The molecule has 0 aromatic carbocycles. The van der Waals surface area contributed by atoms with Gasteiger partial charge < -0.3 is 9.42 Å². The summed E-state index contributed by atoms with van der Waals surface area (Å²) in [5, 5.41) is 3.64.